The van der Waals surface area contributed by atoms with Crippen LogP contribution in [0.25, 0.3) is 0 Å². The van der Waals surface area contributed by atoms with Crippen LogP contribution in [0.5, 0.6) is 0 Å². The van der Waals surface area contributed by atoms with Crippen LogP contribution < -0.4 is 0 Å². The van der Waals surface area contributed by atoms with Crippen LogP contribution in [-0.4, -0.2) is 29.6 Å². The molecule has 0 fully saturated rings. The summed E-state index contributed by atoms with van der Waals surface area (Å²) in [6.07, 6.45) is 1.04. The number of halogens is 1. The summed E-state index contributed by atoms with van der Waals surface area (Å²) in [6.45, 7) is 6.46. The lowest BCUT2D eigenvalue weighted by atomic mass is 10.2. The molecular formula is C11H17FN2S. The van der Waals surface area contributed by atoms with Crippen LogP contribution in [-0.2, 0) is 13.0 Å². The molecule has 0 aromatic carbocycles. The molecule has 0 saturated heterocycles. The van der Waals surface area contributed by atoms with Crippen LogP contribution in [0.3, 0.4) is 0 Å². The highest BCUT2D eigenvalue weighted by molar-refractivity contribution is 7.11. The Morgan fingerprint density at radius 3 is 3.00 bits per heavy atom. The average molecular weight is 228 g/mol. The molecule has 1 aliphatic heterocycles. The van der Waals surface area contributed by atoms with Crippen LogP contribution in [0.4, 0.5) is 4.39 Å². The maximum absolute atomic E-state index is 12.2. The van der Waals surface area contributed by atoms with Crippen molar-refractivity contribution in [3.63, 3.8) is 0 Å². The summed E-state index contributed by atoms with van der Waals surface area (Å²) >= 11 is 1.83. The summed E-state index contributed by atoms with van der Waals surface area (Å²) in [5.41, 5.74) is 1.18. The summed E-state index contributed by atoms with van der Waals surface area (Å²) in [7, 11) is 0. The molecule has 2 heterocycles. The van der Waals surface area contributed by atoms with Gasteiger partial charge in [-0.2, -0.15) is 0 Å². The molecule has 4 heteroatoms. The zero-order chi connectivity index (χ0) is 10.8. The average Bonchev–Trinajstić information content (AvgIpc) is 2.61. The molecule has 0 unspecified atom stereocenters. The smallest absolute Gasteiger partial charge is 0.102 e. The van der Waals surface area contributed by atoms with E-state index in [-0.39, 0.29) is 6.67 Å². The first-order chi connectivity index (χ1) is 7.20. The lowest BCUT2D eigenvalue weighted by Crippen LogP contribution is -2.31. The van der Waals surface area contributed by atoms with Gasteiger partial charge in [0, 0.05) is 30.4 Å². The molecule has 1 aromatic heterocycles. The van der Waals surface area contributed by atoms with Crippen LogP contribution in [0.15, 0.2) is 0 Å². The predicted molar refractivity (Wildman–Crippen MR) is 61.2 cm³/mol. The molecule has 2 rings (SSSR count). The van der Waals surface area contributed by atoms with Gasteiger partial charge < -0.3 is 0 Å². The van der Waals surface area contributed by atoms with E-state index < -0.39 is 0 Å². The van der Waals surface area contributed by atoms with Crippen molar-refractivity contribution in [1.82, 2.24) is 9.88 Å². The molecule has 0 spiro atoms. The van der Waals surface area contributed by atoms with Gasteiger partial charge in [0.15, 0.2) is 0 Å². The highest BCUT2D eigenvalue weighted by Crippen LogP contribution is 2.28. The zero-order valence-corrected chi connectivity index (χ0v) is 10.1. The third-order valence-electron chi connectivity index (χ3n) is 2.72. The number of rotatable bonds is 3. The monoisotopic (exact) mass is 228 g/mol. The van der Waals surface area contributed by atoms with E-state index in [4.69, 9.17) is 0 Å². The van der Waals surface area contributed by atoms with Crippen molar-refractivity contribution in [3.05, 3.63) is 15.6 Å². The minimum Gasteiger partial charge on any atom is -0.295 e. The Bertz CT molecular complexity index is 335. The molecule has 84 valence electrons. The van der Waals surface area contributed by atoms with E-state index in [1.54, 1.807) is 0 Å². The molecular weight excluding hydrogens is 211 g/mol. The van der Waals surface area contributed by atoms with E-state index in [9.17, 15) is 4.39 Å². The minimum atomic E-state index is -0.253. The summed E-state index contributed by atoms with van der Waals surface area (Å²) < 4.78 is 12.2. The Morgan fingerprint density at radius 2 is 2.33 bits per heavy atom. The number of aromatic nitrogens is 1. The molecule has 0 aliphatic carbocycles. The Hall–Kier alpha value is -0.480. The van der Waals surface area contributed by atoms with Crippen LogP contribution in [0.2, 0.25) is 0 Å². The summed E-state index contributed by atoms with van der Waals surface area (Å²) in [5.74, 6) is 0.509. The second-order valence-electron chi connectivity index (χ2n) is 4.29. The SMILES string of the molecule is CC(C)c1nc2c(s1)CCN(CCF)C2. The van der Waals surface area contributed by atoms with E-state index >= 15 is 0 Å². The third-order valence-corrected chi connectivity index (χ3v) is 4.18. The predicted octanol–water partition coefficient (Wildman–Crippen LogP) is 2.59. The molecule has 0 radical (unpaired) electrons. The molecule has 1 aromatic rings. The number of fused-ring (bicyclic) bond motifs is 1. The van der Waals surface area contributed by atoms with Crippen molar-refractivity contribution in [2.45, 2.75) is 32.7 Å². The van der Waals surface area contributed by atoms with Gasteiger partial charge >= 0.3 is 0 Å². The zero-order valence-electron chi connectivity index (χ0n) is 9.29. The lowest BCUT2D eigenvalue weighted by molar-refractivity contribution is 0.229. The second kappa shape index (κ2) is 4.58. The Balaban J connectivity index is 2.12. The van der Waals surface area contributed by atoms with E-state index in [2.05, 4.69) is 23.7 Å². The molecule has 0 N–H and O–H groups in total. The first kappa shape index (κ1) is 11.0. The van der Waals surface area contributed by atoms with Crippen molar-refractivity contribution in [2.75, 3.05) is 19.8 Å². The van der Waals surface area contributed by atoms with Crippen molar-refractivity contribution < 1.29 is 4.39 Å². The topological polar surface area (TPSA) is 16.1 Å². The normalized spacial score (nSPS) is 17.1. The van der Waals surface area contributed by atoms with Gasteiger partial charge in [0.05, 0.1) is 10.7 Å². The lowest BCUT2D eigenvalue weighted by Gasteiger charge is -2.24. The van der Waals surface area contributed by atoms with Crippen LogP contribution >= 0.6 is 11.3 Å². The Kier molecular flexibility index (Phi) is 3.36. The third kappa shape index (κ3) is 2.37. The summed E-state index contributed by atoms with van der Waals surface area (Å²) in [4.78, 5) is 8.19. The maximum atomic E-state index is 12.2. The fourth-order valence-electron chi connectivity index (χ4n) is 1.83. The number of nitrogens with zero attached hydrogens (tertiary/aromatic N) is 2. The number of hydrogen-bond donors (Lipinski definition) is 0. The minimum absolute atomic E-state index is 0.253. The first-order valence-corrected chi connectivity index (χ1v) is 6.29. The highest BCUT2D eigenvalue weighted by Gasteiger charge is 2.20. The molecule has 0 amide bonds. The van der Waals surface area contributed by atoms with Gasteiger partial charge in [0.2, 0.25) is 0 Å². The van der Waals surface area contributed by atoms with Gasteiger partial charge in [-0.05, 0) is 6.42 Å². The highest BCUT2D eigenvalue weighted by atomic mass is 32.1. The molecule has 0 atom stereocenters. The summed E-state index contributed by atoms with van der Waals surface area (Å²) in [6, 6.07) is 0. The Morgan fingerprint density at radius 1 is 1.53 bits per heavy atom. The Labute approximate surface area is 94.1 Å². The van der Waals surface area contributed by atoms with Crippen molar-refractivity contribution in [2.24, 2.45) is 0 Å². The van der Waals surface area contributed by atoms with Gasteiger partial charge in [-0.3, -0.25) is 4.90 Å². The molecule has 2 nitrogen and oxygen atoms in total. The molecule has 0 saturated carbocycles. The number of hydrogen-bond acceptors (Lipinski definition) is 3. The molecule has 1 aliphatic rings. The van der Waals surface area contributed by atoms with E-state index in [0.717, 1.165) is 19.5 Å². The van der Waals surface area contributed by atoms with Crippen molar-refractivity contribution >= 4 is 11.3 Å². The van der Waals surface area contributed by atoms with Crippen molar-refractivity contribution in [1.29, 1.82) is 0 Å². The number of thiazole rings is 1. The van der Waals surface area contributed by atoms with Crippen molar-refractivity contribution in [3.8, 4) is 0 Å². The van der Waals surface area contributed by atoms with Gasteiger partial charge in [-0.25, -0.2) is 9.37 Å². The first-order valence-electron chi connectivity index (χ1n) is 5.47. The fourth-order valence-corrected chi connectivity index (χ4v) is 2.90. The van der Waals surface area contributed by atoms with Gasteiger partial charge in [0.25, 0.3) is 0 Å². The fraction of sp³-hybridized carbons (Fsp3) is 0.727. The number of alkyl halides is 1. The quantitative estimate of drug-likeness (QED) is 0.790. The van der Waals surface area contributed by atoms with Gasteiger partial charge in [-0.1, -0.05) is 13.8 Å². The standard InChI is InChI=1S/C11H17FN2S/c1-8(2)11-13-9-7-14(6-4-12)5-3-10(9)15-11/h8H,3-7H2,1-2H3. The maximum Gasteiger partial charge on any atom is 0.102 e. The van der Waals surface area contributed by atoms with Crippen LogP contribution in [0.1, 0.15) is 35.3 Å². The molecule has 0 bridgehead atoms. The van der Waals surface area contributed by atoms with Crippen LogP contribution in [0, 0.1) is 0 Å². The van der Waals surface area contributed by atoms with E-state index in [1.807, 2.05) is 11.3 Å². The van der Waals surface area contributed by atoms with Gasteiger partial charge in [0.1, 0.15) is 6.67 Å². The summed E-state index contributed by atoms with van der Waals surface area (Å²) in [5, 5.41) is 1.22. The molecule has 15 heavy (non-hydrogen) atoms. The van der Waals surface area contributed by atoms with E-state index in [0.29, 0.717) is 12.5 Å². The van der Waals surface area contributed by atoms with Gasteiger partial charge in [-0.15, -0.1) is 11.3 Å². The van der Waals surface area contributed by atoms with E-state index in [1.165, 1.54) is 15.6 Å². The largest absolute Gasteiger partial charge is 0.295 e. The second-order valence-corrected chi connectivity index (χ2v) is 5.41.